The van der Waals surface area contributed by atoms with Crippen LogP contribution in [0.2, 0.25) is 0 Å². The predicted molar refractivity (Wildman–Crippen MR) is 105 cm³/mol. The number of rotatable bonds is 5. The summed E-state index contributed by atoms with van der Waals surface area (Å²) in [5.74, 6) is 0.739. The third-order valence-electron chi connectivity index (χ3n) is 4.88. The number of sulfonamides is 1. The van der Waals surface area contributed by atoms with Crippen LogP contribution in [0.3, 0.4) is 0 Å². The van der Waals surface area contributed by atoms with Crippen molar-refractivity contribution in [3.63, 3.8) is 0 Å². The maximum atomic E-state index is 12.8. The van der Waals surface area contributed by atoms with Crippen LogP contribution in [-0.2, 0) is 16.6 Å². The molecule has 26 heavy (non-hydrogen) atoms. The summed E-state index contributed by atoms with van der Waals surface area (Å²) >= 11 is 0. The first kappa shape index (κ1) is 18.9. The van der Waals surface area contributed by atoms with Crippen molar-refractivity contribution < 1.29 is 8.42 Å². The number of nitrogens with zero attached hydrogens (tertiary/aromatic N) is 2. The molecule has 0 atom stereocenters. The van der Waals surface area contributed by atoms with Crippen molar-refractivity contribution in [2.45, 2.75) is 49.6 Å². The first-order valence-corrected chi connectivity index (χ1v) is 10.7. The fraction of sp³-hybridized carbons (Fsp3) is 0.526. The molecule has 1 heterocycles. The Kier molecular flexibility index (Phi) is 6.32. The number of aliphatic imine (C=N–C) groups is 1. The van der Waals surface area contributed by atoms with Crippen LogP contribution >= 0.6 is 0 Å². The van der Waals surface area contributed by atoms with Gasteiger partial charge in [-0.1, -0.05) is 30.7 Å². The topological polar surface area (TPSA) is 73.8 Å². The van der Waals surface area contributed by atoms with Crippen LogP contribution in [0.25, 0.3) is 0 Å². The van der Waals surface area contributed by atoms with Crippen LogP contribution in [0.1, 0.15) is 37.7 Å². The Bertz CT molecular complexity index is 759. The fourth-order valence-electron chi connectivity index (χ4n) is 3.38. The first-order valence-electron chi connectivity index (χ1n) is 9.31. The largest absolute Gasteiger partial charge is 0.353 e. The second-order valence-corrected chi connectivity index (χ2v) is 8.76. The SMILES string of the molecule is CN=C(NCc1cccc(S(=O)(=O)N2CCCCC2)c1)NC1CC=CC1. The van der Waals surface area contributed by atoms with E-state index in [0.717, 1.165) is 43.6 Å². The van der Waals surface area contributed by atoms with Gasteiger partial charge in [-0.05, 0) is 43.4 Å². The predicted octanol–water partition coefficient (Wildman–Crippen LogP) is 2.24. The Balaban J connectivity index is 1.63. The van der Waals surface area contributed by atoms with Gasteiger partial charge in [0, 0.05) is 32.7 Å². The third kappa shape index (κ3) is 4.65. The van der Waals surface area contributed by atoms with Gasteiger partial charge in [0.15, 0.2) is 5.96 Å². The molecule has 1 aromatic rings. The average Bonchev–Trinajstić information content (AvgIpc) is 3.19. The lowest BCUT2D eigenvalue weighted by atomic mass is 10.2. The van der Waals surface area contributed by atoms with Crippen molar-refractivity contribution in [2.24, 2.45) is 4.99 Å². The van der Waals surface area contributed by atoms with E-state index in [1.807, 2.05) is 12.1 Å². The summed E-state index contributed by atoms with van der Waals surface area (Å²) in [5, 5.41) is 6.66. The molecule has 0 aromatic heterocycles. The average molecular weight is 377 g/mol. The highest BCUT2D eigenvalue weighted by molar-refractivity contribution is 7.89. The molecule has 3 rings (SSSR count). The van der Waals surface area contributed by atoms with Crippen LogP contribution in [-0.4, -0.2) is 44.9 Å². The Morgan fingerprint density at radius 1 is 1.19 bits per heavy atom. The molecule has 6 nitrogen and oxygen atoms in total. The third-order valence-corrected chi connectivity index (χ3v) is 6.78. The molecule has 0 unspecified atom stereocenters. The van der Waals surface area contributed by atoms with Gasteiger partial charge in [0.1, 0.15) is 0 Å². The van der Waals surface area contributed by atoms with E-state index in [0.29, 0.717) is 30.6 Å². The molecule has 1 aliphatic carbocycles. The van der Waals surface area contributed by atoms with Crippen molar-refractivity contribution in [3.8, 4) is 0 Å². The van der Waals surface area contributed by atoms with Gasteiger partial charge in [0.2, 0.25) is 10.0 Å². The number of guanidine groups is 1. The summed E-state index contributed by atoms with van der Waals surface area (Å²) in [7, 11) is -1.65. The number of hydrogen-bond acceptors (Lipinski definition) is 3. The van der Waals surface area contributed by atoms with Crippen molar-refractivity contribution in [2.75, 3.05) is 20.1 Å². The zero-order valence-corrected chi connectivity index (χ0v) is 16.1. The summed E-state index contributed by atoms with van der Waals surface area (Å²) in [6.07, 6.45) is 9.34. The van der Waals surface area contributed by atoms with E-state index < -0.39 is 10.0 Å². The first-order chi connectivity index (χ1) is 12.6. The lowest BCUT2D eigenvalue weighted by molar-refractivity contribution is 0.346. The van der Waals surface area contributed by atoms with Gasteiger partial charge in [-0.15, -0.1) is 0 Å². The molecule has 0 bridgehead atoms. The highest BCUT2D eigenvalue weighted by atomic mass is 32.2. The molecule has 1 saturated heterocycles. The molecule has 142 valence electrons. The molecular formula is C19H28N4O2S. The Hall–Kier alpha value is -1.86. The fourth-order valence-corrected chi connectivity index (χ4v) is 4.97. The molecule has 1 aromatic carbocycles. The summed E-state index contributed by atoms with van der Waals surface area (Å²) in [4.78, 5) is 4.63. The van der Waals surface area contributed by atoms with Crippen LogP contribution in [0.4, 0.5) is 0 Å². The molecular weight excluding hydrogens is 348 g/mol. The van der Waals surface area contributed by atoms with Crippen molar-refractivity contribution >= 4 is 16.0 Å². The number of nitrogens with one attached hydrogen (secondary N) is 2. The molecule has 0 saturated carbocycles. The van der Waals surface area contributed by atoms with E-state index in [2.05, 4.69) is 27.8 Å². The van der Waals surface area contributed by atoms with E-state index in [1.165, 1.54) is 0 Å². The smallest absolute Gasteiger partial charge is 0.243 e. The second-order valence-electron chi connectivity index (χ2n) is 6.82. The highest BCUT2D eigenvalue weighted by Crippen LogP contribution is 2.21. The normalized spacial score (nSPS) is 19.7. The van der Waals surface area contributed by atoms with Gasteiger partial charge in [-0.2, -0.15) is 4.31 Å². The van der Waals surface area contributed by atoms with Crippen LogP contribution in [0.5, 0.6) is 0 Å². The molecule has 2 aliphatic rings. The molecule has 2 N–H and O–H groups in total. The van der Waals surface area contributed by atoms with E-state index >= 15 is 0 Å². The number of hydrogen-bond donors (Lipinski definition) is 2. The van der Waals surface area contributed by atoms with Crippen LogP contribution < -0.4 is 10.6 Å². The van der Waals surface area contributed by atoms with Crippen molar-refractivity contribution in [3.05, 3.63) is 42.0 Å². The molecule has 0 radical (unpaired) electrons. The van der Waals surface area contributed by atoms with Gasteiger partial charge in [0.25, 0.3) is 0 Å². The minimum Gasteiger partial charge on any atom is -0.353 e. The van der Waals surface area contributed by atoms with E-state index in [9.17, 15) is 8.42 Å². The van der Waals surface area contributed by atoms with Gasteiger partial charge >= 0.3 is 0 Å². The second kappa shape index (κ2) is 8.68. The summed E-state index contributed by atoms with van der Waals surface area (Å²) in [5.41, 5.74) is 0.926. The van der Waals surface area contributed by atoms with Gasteiger partial charge in [-0.25, -0.2) is 8.42 Å². The van der Waals surface area contributed by atoms with Gasteiger partial charge < -0.3 is 10.6 Å². The standard InChI is InChI=1S/C19H28N4O2S/c1-20-19(22-17-9-3-4-10-17)21-15-16-8-7-11-18(14-16)26(24,25)23-12-5-2-6-13-23/h3-4,7-8,11,14,17H,2,5-6,9-10,12-13,15H2,1H3,(H2,20,21,22). The number of piperidine rings is 1. The summed E-state index contributed by atoms with van der Waals surface area (Å²) in [6, 6.07) is 7.58. The lowest BCUT2D eigenvalue weighted by Gasteiger charge is -2.26. The number of benzene rings is 1. The van der Waals surface area contributed by atoms with Crippen molar-refractivity contribution in [1.29, 1.82) is 0 Å². The van der Waals surface area contributed by atoms with Gasteiger partial charge in [0.05, 0.1) is 4.90 Å². The summed E-state index contributed by atoms with van der Waals surface area (Å²) in [6.45, 7) is 1.77. The van der Waals surface area contributed by atoms with E-state index in [4.69, 9.17) is 0 Å². The molecule has 0 amide bonds. The van der Waals surface area contributed by atoms with Gasteiger partial charge in [-0.3, -0.25) is 4.99 Å². The lowest BCUT2D eigenvalue weighted by Crippen LogP contribution is -2.42. The molecule has 1 aliphatic heterocycles. The molecule has 0 spiro atoms. The monoisotopic (exact) mass is 376 g/mol. The Labute approximate surface area is 156 Å². The molecule has 7 heteroatoms. The zero-order chi connectivity index (χ0) is 18.4. The van der Waals surface area contributed by atoms with Crippen LogP contribution in [0.15, 0.2) is 46.3 Å². The quantitative estimate of drug-likeness (QED) is 0.470. The zero-order valence-electron chi connectivity index (χ0n) is 15.3. The highest BCUT2D eigenvalue weighted by Gasteiger charge is 2.25. The maximum Gasteiger partial charge on any atom is 0.243 e. The molecule has 1 fully saturated rings. The Morgan fingerprint density at radius 3 is 2.62 bits per heavy atom. The van der Waals surface area contributed by atoms with E-state index in [-0.39, 0.29) is 0 Å². The van der Waals surface area contributed by atoms with Crippen molar-refractivity contribution in [1.82, 2.24) is 14.9 Å². The summed E-state index contributed by atoms with van der Waals surface area (Å²) < 4.78 is 27.3. The van der Waals surface area contributed by atoms with Crippen LogP contribution in [0, 0.1) is 0 Å². The maximum absolute atomic E-state index is 12.8. The Morgan fingerprint density at radius 2 is 1.92 bits per heavy atom. The van der Waals surface area contributed by atoms with E-state index in [1.54, 1.807) is 23.5 Å². The minimum atomic E-state index is -3.40. The minimum absolute atomic E-state index is 0.377.